The molecule has 2 heterocycles. The van der Waals surface area contributed by atoms with E-state index in [-0.39, 0.29) is 23.2 Å². The molecule has 2 amide bonds. The minimum absolute atomic E-state index is 0.118. The minimum atomic E-state index is -0.243. The van der Waals surface area contributed by atoms with Crippen molar-refractivity contribution in [3.8, 4) is 0 Å². The molecule has 0 unspecified atom stereocenters. The molecule has 0 bridgehead atoms. The van der Waals surface area contributed by atoms with Crippen LogP contribution in [0.25, 0.3) is 6.08 Å². The van der Waals surface area contributed by atoms with Gasteiger partial charge in [-0.2, -0.15) is 0 Å². The van der Waals surface area contributed by atoms with E-state index < -0.39 is 0 Å². The van der Waals surface area contributed by atoms with Crippen LogP contribution in [0.3, 0.4) is 0 Å². The van der Waals surface area contributed by atoms with Gasteiger partial charge in [0.1, 0.15) is 0 Å². The van der Waals surface area contributed by atoms with Crippen molar-refractivity contribution in [2.45, 2.75) is 52.1 Å². The van der Waals surface area contributed by atoms with Crippen LogP contribution in [0.15, 0.2) is 47.4 Å². The van der Waals surface area contributed by atoms with E-state index in [1.54, 1.807) is 12.1 Å². The van der Waals surface area contributed by atoms with Gasteiger partial charge in [-0.05, 0) is 91.9 Å². The number of rotatable bonds is 4. The number of amides is 2. The number of hydrogen-bond donors (Lipinski definition) is 0. The fourth-order valence-corrected chi connectivity index (χ4v) is 5.72. The van der Waals surface area contributed by atoms with E-state index in [0.29, 0.717) is 15.8 Å². The number of thioether (sulfide) groups is 1. The van der Waals surface area contributed by atoms with Crippen LogP contribution in [0.2, 0.25) is 5.02 Å². The molecule has 1 saturated heterocycles. The van der Waals surface area contributed by atoms with Crippen molar-refractivity contribution in [1.82, 2.24) is 4.90 Å². The fourth-order valence-electron chi connectivity index (χ4n) is 4.76. The van der Waals surface area contributed by atoms with Crippen molar-refractivity contribution in [1.29, 1.82) is 0 Å². The second kappa shape index (κ2) is 8.36. The molecule has 0 aromatic heterocycles. The molecule has 0 spiro atoms. The van der Waals surface area contributed by atoms with E-state index in [9.17, 15) is 9.59 Å². The van der Waals surface area contributed by atoms with Gasteiger partial charge in [0.25, 0.3) is 11.1 Å². The third-order valence-electron chi connectivity index (χ3n) is 6.15. The van der Waals surface area contributed by atoms with Crippen molar-refractivity contribution in [2.75, 3.05) is 11.4 Å². The SMILES string of the molecule is CCN1c2ccc(/C=C3\SC(=O)N(Cc4ccc(Cl)cc4)C3=O)cc2[C@H](C)CC1(C)C. The third-order valence-corrected chi connectivity index (χ3v) is 7.31. The summed E-state index contributed by atoms with van der Waals surface area (Å²) in [4.78, 5) is 29.6. The molecule has 31 heavy (non-hydrogen) atoms. The van der Waals surface area contributed by atoms with Crippen molar-refractivity contribution >= 4 is 46.3 Å². The summed E-state index contributed by atoms with van der Waals surface area (Å²) in [5.41, 5.74) is 4.51. The summed E-state index contributed by atoms with van der Waals surface area (Å²) < 4.78 is 0. The monoisotopic (exact) mass is 454 g/mol. The van der Waals surface area contributed by atoms with Gasteiger partial charge in [-0.3, -0.25) is 14.5 Å². The summed E-state index contributed by atoms with van der Waals surface area (Å²) >= 11 is 6.93. The lowest BCUT2D eigenvalue weighted by molar-refractivity contribution is -0.123. The van der Waals surface area contributed by atoms with E-state index in [1.165, 1.54) is 16.2 Å². The van der Waals surface area contributed by atoms with Gasteiger partial charge in [-0.15, -0.1) is 0 Å². The fraction of sp³-hybridized carbons (Fsp3) is 0.360. The zero-order valence-electron chi connectivity index (χ0n) is 18.3. The van der Waals surface area contributed by atoms with Crippen molar-refractivity contribution in [2.24, 2.45) is 0 Å². The van der Waals surface area contributed by atoms with Crippen LogP contribution < -0.4 is 4.90 Å². The number of benzene rings is 2. The number of carbonyl (C=O) groups is 2. The Morgan fingerprint density at radius 1 is 1.16 bits per heavy atom. The normalized spacial score (nSPS) is 21.7. The molecule has 4 rings (SSSR count). The average Bonchev–Trinajstić information content (AvgIpc) is 2.97. The molecular weight excluding hydrogens is 428 g/mol. The van der Waals surface area contributed by atoms with Crippen molar-refractivity contribution < 1.29 is 9.59 Å². The first-order valence-electron chi connectivity index (χ1n) is 10.6. The van der Waals surface area contributed by atoms with Crippen LogP contribution in [-0.2, 0) is 11.3 Å². The second-order valence-electron chi connectivity index (χ2n) is 8.87. The number of halogens is 1. The van der Waals surface area contributed by atoms with Gasteiger partial charge in [0.15, 0.2) is 0 Å². The van der Waals surface area contributed by atoms with Crippen LogP contribution in [-0.4, -0.2) is 28.1 Å². The van der Waals surface area contributed by atoms with Crippen molar-refractivity contribution in [3.05, 3.63) is 69.1 Å². The van der Waals surface area contributed by atoms with E-state index in [1.807, 2.05) is 24.3 Å². The predicted octanol–water partition coefficient (Wildman–Crippen LogP) is 6.69. The highest BCUT2D eigenvalue weighted by Gasteiger charge is 2.37. The number of carbonyl (C=O) groups excluding carboxylic acids is 2. The smallest absolute Gasteiger partial charge is 0.293 e. The van der Waals surface area contributed by atoms with Crippen LogP contribution in [0, 0.1) is 0 Å². The Bertz CT molecular complexity index is 1060. The molecule has 0 saturated carbocycles. The third kappa shape index (κ3) is 4.26. The van der Waals surface area contributed by atoms with Crippen LogP contribution in [0.4, 0.5) is 10.5 Å². The molecule has 1 atom stereocenters. The Morgan fingerprint density at radius 2 is 1.87 bits per heavy atom. The molecule has 2 aromatic rings. The molecule has 2 aliphatic heterocycles. The zero-order chi connectivity index (χ0) is 22.3. The average molecular weight is 455 g/mol. The Morgan fingerprint density at radius 3 is 2.55 bits per heavy atom. The zero-order valence-corrected chi connectivity index (χ0v) is 19.9. The van der Waals surface area contributed by atoms with Crippen LogP contribution in [0.5, 0.6) is 0 Å². The number of nitrogens with zero attached hydrogens (tertiary/aromatic N) is 2. The van der Waals surface area contributed by atoms with Gasteiger partial charge in [-0.25, -0.2) is 0 Å². The molecule has 6 heteroatoms. The lowest BCUT2D eigenvalue weighted by Gasteiger charge is -2.47. The maximum absolute atomic E-state index is 12.9. The minimum Gasteiger partial charge on any atom is -0.366 e. The van der Waals surface area contributed by atoms with Gasteiger partial charge in [-0.1, -0.05) is 36.7 Å². The lowest BCUT2D eigenvalue weighted by Crippen LogP contribution is -2.48. The molecule has 0 aliphatic carbocycles. The quantitative estimate of drug-likeness (QED) is 0.482. The largest absolute Gasteiger partial charge is 0.366 e. The number of anilines is 1. The first-order chi connectivity index (χ1) is 14.7. The molecule has 2 aliphatic rings. The summed E-state index contributed by atoms with van der Waals surface area (Å²) in [6, 6.07) is 13.6. The Hall–Kier alpha value is -2.24. The Balaban J connectivity index is 1.59. The molecule has 4 nitrogen and oxygen atoms in total. The Kier molecular flexibility index (Phi) is 5.93. The van der Waals surface area contributed by atoms with Crippen molar-refractivity contribution in [3.63, 3.8) is 0 Å². The first kappa shape index (κ1) is 22.0. The number of hydrogen-bond acceptors (Lipinski definition) is 4. The molecule has 1 fully saturated rings. The highest BCUT2D eigenvalue weighted by molar-refractivity contribution is 8.18. The standard InChI is InChI=1S/C25H27ClN2O2S/c1-5-28-21-11-8-18(12-20(21)16(2)14-25(28,3)4)13-22-23(29)27(24(30)31-22)15-17-6-9-19(26)10-7-17/h6-13,16H,5,14-15H2,1-4H3/b22-13-/t16-/m1/s1. The topological polar surface area (TPSA) is 40.6 Å². The molecule has 2 aromatic carbocycles. The van der Waals surface area contributed by atoms with Gasteiger partial charge in [0.2, 0.25) is 0 Å². The van der Waals surface area contributed by atoms with E-state index in [2.05, 4.69) is 44.7 Å². The summed E-state index contributed by atoms with van der Waals surface area (Å²) in [5, 5.41) is 0.390. The maximum Gasteiger partial charge on any atom is 0.293 e. The van der Waals surface area contributed by atoms with Crippen LogP contribution >= 0.6 is 23.4 Å². The van der Waals surface area contributed by atoms with Gasteiger partial charge in [0, 0.05) is 22.8 Å². The van der Waals surface area contributed by atoms with Crippen LogP contribution in [0.1, 0.15) is 56.7 Å². The highest BCUT2D eigenvalue weighted by Crippen LogP contribution is 2.44. The lowest BCUT2D eigenvalue weighted by atomic mass is 9.79. The summed E-state index contributed by atoms with van der Waals surface area (Å²) in [6.07, 6.45) is 2.92. The summed E-state index contributed by atoms with van der Waals surface area (Å²) in [5.74, 6) is 0.188. The van der Waals surface area contributed by atoms with E-state index in [4.69, 9.17) is 11.6 Å². The maximum atomic E-state index is 12.9. The summed E-state index contributed by atoms with van der Waals surface area (Å²) in [7, 11) is 0. The molecule has 0 N–H and O–H groups in total. The molecule has 162 valence electrons. The van der Waals surface area contributed by atoms with Gasteiger partial charge < -0.3 is 4.90 Å². The highest BCUT2D eigenvalue weighted by atomic mass is 35.5. The van der Waals surface area contributed by atoms with E-state index in [0.717, 1.165) is 35.9 Å². The molecule has 0 radical (unpaired) electrons. The number of fused-ring (bicyclic) bond motifs is 1. The van der Waals surface area contributed by atoms with E-state index >= 15 is 0 Å². The predicted molar refractivity (Wildman–Crippen MR) is 130 cm³/mol. The first-order valence-corrected chi connectivity index (χ1v) is 11.8. The second-order valence-corrected chi connectivity index (χ2v) is 10.3. The molecular formula is C25H27ClN2O2S. The number of imide groups is 1. The Labute approximate surface area is 193 Å². The summed E-state index contributed by atoms with van der Waals surface area (Å²) in [6.45, 7) is 10.2. The van der Waals surface area contributed by atoms with Gasteiger partial charge >= 0.3 is 0 Å². The van der Waals surface area contributed by atoms with Gasteiger partial charge in [0.05, 0.1) is 11.4 Å².